The maximum absolute atomic E-state index is 6.14. The van der Waals surface area contributed by atoms with Crippen LogP contribution in [0.5, 0.6) is 5.75 Å². The molecular weight excluding hydrogens is 289 g/mol. The van der Waals surface area contributed by atoms with Crippen molar-refractivity contribution in [1.29, 1.82) is 0 Å². The lowest BCUT2D eigenvalue weighted by molar-refractivity contribution is 0.310. The molecule has 1 atom stereocenters. The summed E-state index contributed by atoms with van der Waals surface area (Å²) in [5.41, 5.74) is 6.78. The van der Waals surface area contributed by atoms with Gasteiger partial charge in [0, 0.05) is 10.9 Å². The van der Waals surface area contributed by atoms with Gasteiger partial charge in [0.2, 0.25) is 0 Å². The third-order valence-corrected chi connectivity index (χ3v) is 3.98. The molecule has 0 radical (unpaired) electrons. The van der Waals surface area contributed by atoms with Crippen molar-refractivity contribution < 1.29 is 4.74 Å². The predicted molar refractivity (Wildman–Crippen MR) is 77.7 cm³/mol. The predicted octanol–water partition coefficient (Wildman–Crippen LogP) is 4.65. The summed E-state index contributed by atoms with van der Waals surface area (Å²) in [6, 6.07) is 9.36. The standard InChI is InChI=1S/C13H13Cl2NOS/c1-8(16)9-2-4-12(11(14)6-9)17-7-10-3-5-13(15)18-10/h2-6,8H,7,16H2,1H3/t8-/m1/s1. The highest BCUT2D eigenvalue weighted by atomic mass is 35.5. The van der Waals surface area contributed by atoms with E-state index in [0.29, 0.717) is 17.4 Å². The van der Waals surface area contributed by atoms with Crippen LogP contribution >= 0.6 is 34.5 Å². The van der Waals surface area contributed by atoms with E-state index in [2.05, 4.69) is 0 Å². The fraction of sp³-hybridized carbons (Fsp3) is 0.231. The Balaban J connectivity index is 2.05. The van der Waals surface area contributed by atoms with Crippen molar-refractivity contribution in [3.05, 3.63) is 50.1 Å². The molecule has 2 rings (SSSR count). The third kappa shape index (κ3) is 3.39. The second-order valence-electron chi connectivity index (χ2n) is 3.97. The largest absolute Gasteiger partial charge is 0.487 e. The Hall–Kier alpha value is -0.740. The average molecular weight is 302 g/mol. The Bertz CT molecular complexity index is 540. The first-order chi connectivity index (χ1) is 8.56. The molecule has 0 fully saturated rings. The molecular formula is C13H13Cl2NOS. The van der Waals surface area contributed by atoms with Gasteiger partial charge >= 0.3 is 0 Å². The maximum atomic E-state index is 6.14. The van der Waals surface area contributed by atoms with Crippen LogP contribution in [0.3, 0.4) is 0 Å². The molecule has 0 unspecified atom stereocenters. The Morgan fingerprint density at radius 2 is 2.06 bits per heavy atom. The molecule has 0 bridgehead atoms. The Kier molecular flexibility index (Phi) is 4.51. The van der Waals surface area contributed by atoms with Crippen LogP contribution in [0.2, 0.25) is 9.36 Å². The van der Waals surface area contributed by atoms with Crippen LogP contribution in [-0.4, -0.2) is 0 Å². The molecule has 2 nitrogen and oxygen atoms in total. The van der Waals surface area contributed by atoms with Gasteiger partial charge in [-0.15, -0.1) is 11.3 Å². The highest BCUT2D eigenvalue weighted by Gasteiger charge is 2.07. The zero-order valence-electron chi connectivity index (χ0n) is 9.82. The van der Waals surface area contributed by atoms with Gasteiger partial charge in [-0.2, -0.15) is 0 Å². The van der Waals surface area contributed by atoms with Crippen molar-refractivity contribution in [2.45, 2.75) is 19.6 Å². The van der Waals surface area contributed by atoms with Crippen molar-refractivity contribution in [1.82, 2.24) is 0 Å². The van der Waals surface area contributed by atoms with Crippen LogP contribution < -0.4 is 10.5 Å². The number of ether oxygens (including phenoxy) is 1. The Morgan fingerprint density at radius 3 is 2.61 bits per heavy atom. The molecule has 1 heterocycles. The molecule has 1 aromatic carbocycles. The van der Waals surface area contributed by atoms with E-state index in [1.165, 1.54) is 11.3 Å². The van der Waals surface area contributed by atoms with E-state index in [1.807, 2.05) is 37.3 Å². The van der Waals surface area contributed by atoms with Crippen molar-refractivity contribution in [3.8, 4) is 5.75 Å². The molecule has 1 aromatic heterocycles. The smallest absolute Gasteiger partial charge is 0.138 e. The van der Waals surface area contributed by atoms with Crippen molar-refractivity contribution >= 4 is 34.5 Å². The van der Waals surface area contributed by atoms with Gasteiger partial charge in [0.1, 0.15) is 12.4 Å². The molecule has 0 amide bonds. The average Bonchev–Trinajstić information content (AvgIpc) is 2.73. The Morgan fingerprint density at radius 1 is 1.28 bits per heavy atom. The summed E-state index contributed by atoms with van der Waals surface area (Å²) < 4.78 is 6.41. The summed E-state index contributed by atoms with van der Waals surface area (Å²) in [6.45, 7) is 2.38. The molecule has 96 valence electrons. The number of rotatable bonds is 4. The first kappa shape index (κ1) is 13.7. The van der Waals surface area contributed by atoms with E-state index in [0.717, 1.165) is 14.8 Å². The van der Waals surface area contributed by atoms with Gasteiger partial charge in [-0.1, -0.05) is 29.3 Å². The molecule has 2 aromatic rings. The van der Waals surface area contributed by atoms with E-state index < -0.39 is 0 Å². The van der Waals surface area contributed by atoms with Gasteiger partial charge in [0.25, 0.3) is 0 Å². The van der Waals surface area contributed by atoms with E-state index >= 15 is 0 Å². The van der Waals surface area contributed by atoms with Gasteiger partial charge in [-0.3, -0.25) is 0 Å². The van der Waals surface area contributed by atoms with Gasteiger partial charge in [-0.05, 0) is 36.8 Å². The minimum Gasteiger partial charge on any atom is -0.487 e. The topological polar surface area (TPSA) is 35.2 Å². The quantitative estimate of drug-likeness (QED) is 0.892. The number of hydrogen-bond donors (Lipinski definition) is 1. The summed E-state index contributed by atoms with van der Waals surface area (Å²) in [6.07, 6.45) is 0. The first-order valence-corrected chi connectivity index (χ1v) is 7.05. The fourth-order valence-electron chi connectivity index (χ4n) is 1.50. The minimum absolute atomic E-state index is 0.0346. The van der Waals surface area contributed by atoms with Gasteiger partial charge in [-0.25, -0.2) is 0 Å². The zero-order valence-corrected chi connectivity index (χ0v) is 12.1. The fourth-order valence-corrected chi connectivity index (χ4v) is 2.74. The van der Waals surface area contributed by atoms with Crippen LogP contribution in [0.25, 0.3) is 0 Å². The van der Waals surface area contributed by atoms with Crippen LogP contribution in [-0.2, 0) is 6.61 Å². The Labute approximate surface area is 120 Å². The molecule has 2 N–H and O–H groups in total. The van der Waals surface area contributed by atoms with Crippen LogP contribution in [0, 0.1) is 0 Å². The summed E-state index contributed by atoms with van der Waals surface area (Å²) in [7, 11) is 0. The summed E-state index contributed by atoms with van der Waals surface area (Å²) in [5, 5.41) is 0.576. The number of nitrogens with two attached hydrogens (primary N) is 1. The molecule has 0 saturated heterocycles. The number of hydrogen-bond acceptors (Lipinski definition) is 3. The number of benzene rings is 1. The van der Waals surface area contributed by atoms with Crippen LogP contribution in [0.4, 0.5) is 0 Å². The maximum Gasteiger partial charge on any atom is 0.138 e. The highest BCUT2D eigenvalue weighted by Crippen LogP contribution is 2.29. The molecule has 0 aliphatic heterocycles. The highest BCUT2D eigenvalue weighted by molar-refractivity contribution is 7.16. The molecule has 0 saturated carbocycles. The number of thiophene rings is 1. The van der Waals surface area contributed by atoms with Crippen molar-refractivity contribution in [3.63, 3.8) is 0 Å². The van der Waals surface area contributed by atoms with Gasteiger partial charge < -0.3 is 10.5 Å². The number of halogens is 2. The summed E-state index contributed by atoms with van der Waals surface area (Å²) in [4.78, 5) is 1.06. The van der Waals surface area contributed by atoms with Crippen LogP contribution in [0.15, 0.2) is 30.3 Å². The molecule has 0 aliphatic carbocycles. The third-order valence-electron chi connectivity index (χ3n) is 2.48. The molecule has 5 heteroatoms. The lowest BCUT2D eigenvalue weighted by atomic mass is 10.1. The second kappa shape index (κ2) is 5.93. The lowest BCUT2D eigenvalue weighted by Crippen LogP contribution is -2.05. The monoisotopic (exact) mass is 301 g/mol. The van der Waals surface area contributed by atoms with Crippen LogP contribution in [0.1, 0.15) is 23.4 Å². The minimum atomic E-state index is -0.0346. The summed E-state index contributed by atoms with van der Waals surface area (Å²) in [5.74, 6) is 0.658. The van der Waals surface area contributed by atoms with E-state index in [-0.39, 0.29) is 6.04 Å². The first-order valence-electron chi connectivity index (χ1n) is 5.48. The molecule has 18 heavy (non-hydrogen) atoms. The van der Waals surface area contributed by atoms with Crippen molar-refractivity contribution in [2.75, 3.05) is 0 Å². The SMILES string of the molecule is C[C@@H](N)c1ccc(OCc2ccc(Cl)s2)c(Cl)c1. The van der Waals surface area contributed by atoms with Gasteiger partial charge in [0.05, 0.1) is 9.36 Å². The van der Waals surface area contributed by atoms with E-state index in [4.69, 9.17) is 33.7 Å². The van der Waals surface area contributed by atoms with E-state index in [1.54, 1.807) is 0 Å². The van der Waals surface area contributed by atoms with E-state index in [9.17, 15) is 0 Å². The molecule has 0 aliphatic rings. The summed E-state index contributed by atoms with van der Waals surface area (Å²) >= 11 is 13.5. The van der Waals surface area contributed by atoms with Gasteiger partial charge in [0.15, 0.2) is 0 Å². The zero-order chi connectivity index (χ0) is 13.1. The normalized spacial score (nSPS) is 12.4. The lowest BCUT2D eigenvalue weighted by Gasteiger charge is -2.10. The molecule has 0 spiro atoms. The second-order valence-corrected chi connectivity index (χ2v) is 6.18. The van der Waals surface area contributed by atoms with Crippen molar-refractivity contribution in [2.24, 2.45) is 5.73 Å².